The molecule has 2 aromatic rings. The van der Waals surface area contributed by atoms with Crippen LogP contribution >= 0.6 is 11.3 Å². The Hall–Kier alpha value is -1.55. The number of nitrogens with zero attached hydrogens (tertiary/aromatic N) is 2. The lowest BCUT2D eigenvalue weighted by molar-refractivity contribution is 0.824. The Morgan fingerprint density at radius 1 is 1.28 bits per heavy atom. The molecule has 0 saturated carbocycles. The first-order valence-electron chi connectivity index (χ1n) is 6.14. The van der Waals surface area contributed by atoms with Gasteiger partial charge in [-0.3, -0.25) is 0 Å². The molecule has 0 atom stereocenters. The number of hydrogen-bond acceptors (Lipinski definition) is 4. The molecule has 96 valence electrons. The fourth-order valence-electron chi connectivity index (χ4n) is 1.91. The summed E-state index contributed by atoms with van der Waals surface area (Å²) in [5.41, 5.74) is 9.07. The van der Waals surface area contributed by atoms with Gasteiger partial charge in [0.15, 0.2) is 0 Å². The second kappa shape index (κ2) is 5.40. The molecule has 1 aromatic heterocycles. The minimum Gasteiger partial charge on any atom is -0.397 e. The van der Waals surface area contributed by atoms with Gasteiger partial charge >= 0.3 is 0 Å². The number of anilines is 2. The van der Waals surface area contributed by atoms with Crippen LogP contribution in [-0.4, -0.2) is 11.5 Å². The molecule has 2 rings (SSSR count). The maximum Gasteiger partial charge on any atom is 0.112 e. The average molecular weight is 261 g/mol. The smallest absolute Gasteiger partial charge is 0.112 e. The summed E-state index contributed by atoms with van der Waals surface area (Å²) in [6.45, 7) is 8.06. The Morgan fingerprint density at radius 3 is 2.56 bits per heavy atom. The van der Waals surface area contributed by atoms with E-state index in [1.54, 1.807) is 11.3 Å². The van der Waals surface area contributed by atoms with E-state index in [1.807, 2.05) is 18.2 Å². The number of rotatable bonds is 4. The van der Waals surface area contributed by atoms with Crippen molar-refractivity contribution in [2.45, 2.75) is 27.3 Å². The lowest BCUT2D eigenvalue weighted by atomic mass is 10.2. The first kappa shape index (κ1) is 12.9. The molecule has 3 nitrogen and oxygen atoms in total. The quantitative estimate of drug-likeness (QED) is 0.858. The molecule has 0 radical (unpaired) electrons. The van der Waals surface area contributed by atoms with Crippen molar-refractivity contribution in [2.75, 3.05) is 17.2 Å². The second-order valence-corrected chi connectivity index (χ2v) is 5.61. The zero-order valence-electron chi connectivity index (χ0n) is 11.1. The largest absolute Gasteiger partial charge is 0.397 e. The molecule has 1 heterocycles. The normalized spacial score (nSPS) is 10.6. The number of nitrogens with two attached hydrogens (primary N) is 1. The Morgan fingerprint density at radius 2 is 2.00 bits per heavy atom. The molecule has 2 N–H and O–H groups in total. The van der Waals surface area contributed by atoms with Crippen LogP contribution in [0.1, 0.15) is 22.5 Å². The lowest BCUT2D eigenvalue weighted by Gasteiger charge is -2.23. The van der Waals surface area contributed by atoms with E-state index in [1.165, 1.54) is 4.88 Å². The van der Waals surface area contributed by atoms with E-state index < -0.39 is 0 Å². The van der Waals surface area contributed by atoms with E-state index >= 15 is 0 Å². The second-order valence-electron chi connectivity index (χ2n) is 4.32. The predicted octanol–water partition coefficient (Wildman–Crippen LogP) is 3.37. The van der Waals surface area contributed by atoms with Crippen molar-refractivity contribution in [1.29, 1.82) is 0 Å². The van der Waals surface area contributed by atoms with Crippen molar-refractivity contribution in [3.8, 4) is 0 Å². The average Bonchev–Trinajstić information content (AvgIpc) is 2.66. The van der Waals surface area contributed by atoms with E-state index in [0.717, 1.165) is 35.2 Å². The summed E-state index contributed by atoms with van der Waals surface area (Å²) in [4.78, 5) is 8.14. The highest BCUT2D eigenvalue weighted by atomic mass is 32.1. The molecule has 4 heteroatoms. The minimum atomic E-state index is 0.823. The van der Waals surface area contributed by atoms with Crippen molar-refractivity contribution in [2.24, 2.45) is 0 Å². The van der Waals surface area contributed by atoms with Crippen molar-refractivity contribution in [1.82, 2.24) is 4.98 Å². The van der Waals surface area contributed by atoms with Gasteiger partial charge in [-0.15, -0.1) is 11.3 Å². The van der Waals surface area contributed by atoms with Crippen LogP contribution in [0.4, 0.5) is 11.4 Å². The first-order valence-corrected chi connectivity index (χ1v) is 6.95. The van der Waals surface area contributed by atoms with E-state index in [0.29, 0.717) is 0 Å². The van der Waals surface area contributed by atoms with Crippen LogP contribution < -0.4 is 10.6 Å². The highest BCUT2D eigenvalue weighted by Crippen LogP contribution is 2.26. The molecule has 0 unspecified atom stereocenters. The molecule has 0 aliphatic carbocycles. The highest BCUT2D eigenvalue weighted by molar-refractivity contribution is 7.11. The zero-order chi connectivity index (χ0) is 13.1. The van der Waals surface area contributed by atoms with E-state index in [-0.39, 0.29) is 0 Å². The van der Waals surface area contributed by atoms with Crippen LogP contribution in [0, 0.1) is 13.8 Å². The summed E-state index contributed by atoms with van der Waals surface area (Å²) in [5.74, 6) is 0. The van der Waals surface area contributed by atoms with Gasteiger partial charge in [0.05, 0.1) is 23.6 Å². The third-order valence-electron chi connectivity index (χ3n) is 3.06. The molecule has 0 aliphatic heterocycles. The predicted molar refractivity (Wildman–Crippen MR) is 79.2 cm³/mol. The molecular weight excluding hydrogens is 242 g/mol. The summed E-state index contributed by atoms with van der Waals surface area (Å²) in [7, 11) is 0. The van der Waals surface area contributed by atoms with Gasteiger partial charge in [0.1, 0.15) is 5.01 Å². The van der Waals surface area contributed by atoms with Crippen molar-refractivity contribution in [3.05, 3.63) is 39.8 Å². The minimum absolute atomic E-state index is 0.823. The van der Waals surface area contributed by atoms with E-state index in [2.05, 4.69) is 36.7 Å². The molecule has 0 amide bonds. The Balaban J connectivity index is 2.22. The fourth-order valence-corrected chi connectivity index (χ4v) is 2.86. The van der Waals surface area contributed by atoms with Gasteiger partial charge in [0, 0.05) is 11.4 Å². The van der Waals surface area contributed by atoms with Crippen LogP contribution in [0.5, 0.6) is 0 Å². The van der Waals surface area contributed by atoms with Crippen LogP contribution in [0.25, 0.3) is 0 Å². The number of para-hydroxylation sites is 2. The van der Waals surface area contributed by atoms with E-state index in [9.17, 15) is 0 Å². The maximum atomic E-state index is 6.03. The highest BCUT2D eigenvalue weighted by Gasteiger charge is 2.11. The van der Waals surface area contributed by atoms with Gasteiger partial charge in [0.2, 0.25) is 0 Å². The number of aromatic nitrogens is 1. The van der Waals surface area contributed by atoms with Gasteiger partial charge in [-0.2, -0.15) is 0 Å². The lowest BCUT2D eigenvalue weighted by Crippen LogP contribution is -2.22. The van der Waals surface area contributed by atoms with Gasteiger partial charge in [-0.05, 0) is 32.9 Å². The molecule has 0 aliphatic rings. The van der Waals surface area contributed by atoms with Crippen LogP contribution in [-0.2, 0) is 6.54 Å². The van der Waals surface area contributed by atoms with Gasteiger partial charge in [-0.25, -0.2) is 4.98 Å². The summed E-state index contributed by atoms with van der Waals surface area (Å²) in [5, 5.41) is 1.15. The molecule has 0 bridgehead atoms. The first-order chi connectivity index (χ1) is 8.61. The molecule has 1 aromatic carbocycles. The fraction of sp³-hybridized carbons (Fsp3) is 0.357. The third-order valence-corrected chi connectivity index (χ3v) is 4.12. The summed E-state index contributed by atoms with van der Waals surface area (Å²) >= 11 is 1.76. The molecule has 0 spiro atoms. The van der Waals surface area contributed by atoms with Gasteiger partial charge in [0.25, 0.3) is 0 Å². The Labute approximate surface area is 112 Å². The molecule has 0 fully saturated rings. The van der Waals surface area contributed by atoms with E-state index in [4.69, 9.17) is 5.73 Å². The van der Waals surface area contributed by atoms with Crippen LogP contribution in [0.3, 0.4) is 0 Å². The topological polar surface area (TPSA) is 42.2 Å². The van der Waals surface area contributed by atoms with Crippen LogP contribution in [0.15, 0.2) is 24.3 Å². The van der Waals surface area contributed by atoms with Crippen molar-refractivity contribution < 1.29 is 0 Å². The number of benzene rings is 1. The van der Waals surface area contributed by atoms with Crippen molar-refractivity contribution >= 4 is 22.7 Å². The van der Waals surface area contributed by atoms with Gasteiger partial charge in [-0.1, -0.05) is 12.1 Å². The third kappa shape index (κ3) is 2.64. The van der Waals surface area contributed by atoms with Crippen molar-refractivity contribution in [3.63, 3.8) is 0 Å². The molecule has 18 heavy (non-hydrogen) atoms. The standard InChI is InChI=1S/C14H19N3S/c1-4-17(13-8-6-5-7-12(13)15)9-14-16-10(2)11(3)18-14/h5-8H,4,9,15H2,1-3H3. The van der Waals surface area contributed by atoms with Crippen LogP contribution in [0.2, 0.25) is 0 Å². The summed E-state index contributed by atoms with van der Waals surface area (Å²) < 4.78 is 0. The zero-order valence-corrected chi connectivity index (χ0v) is 11.9. The number of hydrogen-bond donors (Lipinski definition) is 1. The summed E-state index contributed by atoms with van der Waals surface area (Å²) in [6, 6.07) is 7.99. The SMILES string of the molecule is CCN(Cc1nc(C)c(C)s1)c1ccccc1N. The monoisotopic (exact) mass is 261 g/mol. The summed E-state index contributed by atoms with van der Waals surface area (Å²) in [6.07, 6.45) is 0. The Kier molecular flexibility index (Phi) is 3.87. The Bertz CT molecular complexity index is 514. The van der Waals surface area contributed by atoms with Gasteiger partial charge < -0.3 is 10.6 Å². The number of aryl methyl sites for hydroxylation is 2. The number of thiazole rings is 1. The molecular formula is C14H19N3S. The molecule has 0 saturated heterocycles. The number of nitrogen functional groups attached to an aromatic ring is 1. The maximum absolute atomic E-state index is 6.03.